The number of anilines is 1. The van der Waals surface area contributed by atoms with Gasteiger partial charge in [-0.25, -0.2) is 0 Å². The monoisotopic (exact) mass is 357 g/mol. The summed E-state index contributed by atoms with van der Waals surface area (Å²) < 4.78 is 11.0. The molecule has 0 aliphatic carbocycles. The Bertz CT molecular complexity index is 908. The predicted octanol–water partition coefficient (Wildman–Crippen LogP) is 5.47. The first-order valence-corrected chi connectivity index (χ1v) is 9.10. The Hall–Kier alpha value is -3.20. The molecule has 3 heteroatoms. The van der Waals surface area contributed by atoms with Gasteiger partial charge in [0.1, 0.15) is 11.5 Å². The zero-order valence-corrected chi connectivity index (χ0v) is 15.6. The molecule has 1 N–H and O–H groups in total. The van der Waals surface area contributed by atoms with Crippen molar-refractivity contribution in [2.24, 2.45) is 0 Å². The molecule has 3 aromatic carbocycles. The molecule has 0 amide bonds. The third kappa shape index (κ3) is 3.54. The highest BCUT2D eigenvalue weighted by Crippen LogP contribution is 2.40. The van der Waals surface area contributed by atoms with Crippen LogP contribution in [-0.2, 0) is 6.54 Å². The van der Waals surface area contributed by atoms with Gasteiger partial charge in [-0.1, -0.05) is 48.6 Å². The van der Waals surface area contributed by atoms with E-state index in [1.807, 2.05) is 18.2 Å². The lowest BCUT2D eigenvalue weighted by atomic mass is 9.87. The van der Waals surface area contributed by atoms with E-state index < -0.39 is 0 Å². The van der Waals surface area contributed by atoms with Gasteiger partial charge in [-0.3, -0.25) is 0 Å². The summed E-state index contributed by atoms with van der Waals surface area (Å²) in [5.41, 5.74) is 6.04. The molecule has 0 bridgehead atoms. The van der Waals surface area contributed by atoms with Crippen molar-refractivity contribution in [2.75, 3.05) is 19.5 Å². The number of methoxy groups -OCH3 is 2. The maximum absolute atomic E-state index is 5.50. The Morgan fingerprint density at radius 3 is 2.30 bits per heavy atom. The molecular weight excluding hydrogens is 334 g/mol. The molecule has 4 rings (SSSR count). The zero-order chi connectivity index (χ0) is 18.6. The van der Waals surface area contributed by atoms with Crippen LogP contribution in [0.3, 0.4) is 0 Å². The summed E-state index contributed by atoms with van der Waals surface area (Å²) in [5, 5.41) is 3.57. The van der Waals surface area contributed by atoms with Gasteiger partial charge in [-0.05, 0) is 52.6 Å². The normalized spacial score (nSPS) is 15.4. The Morgan fingerprint density at radius 1 is 0.852 bits per heavy atom. The van der Waals surface area contributed by atoms with Crippen LogP contribution in [0.2, 0.25) is 0 Å². The molecule has 3 aromatic rings. The lowest BCUT2D eigenvalue weighted by Crippen LogP contribution is -2.01. The molecule has 136 valence electrons. The van der Waals surface area contributed by atoms with Crippen LogP contribution >= 0.6 is 0 Å². The summed E-state index contributed by atoms with van der Waals surface area (Å²) >= 11 is 0. The first-order valence-electron chi connectivity index (χ1n) is 9.10. The van der Waals surface area contributed by atoms with Crippen molar-refractivity contribution >= 4 is 11.8 Å². The lowest BCUT2D eigenvalue weighted by molar-refractivity contribution is 0.413. The number of hydrogen-bond acceptors (Lipinski definition) is 3. The first-order chi connectivity index (χ1) is 13.3. The predicted molar refractivity (Wildman–Crippen MR) is 111 cm³/mol. The molecular formula is C24H23NO2. The molecule has 0 aromatic heterocycles. The summed E-state index contributed by atoms with van der Waals surface area (Å²) in [7, 11) is 3.42. The Morgan fingerprint density at radius 2 is 1.56 bits per heavy atom. The molecule has 0 saturated carbocycles. The maximum Gasteiger partial charge on any atom is 0.119 e. The van der Waals surface area contributed by atoms with Gasteiger partial charge in [0.15, 0.2) is 0 Å². The van der Waals surface area contributed by atoms with Gasteiger partial charge < -0.3 is 14.8 Å². The third-order valence-corrected chi connectivity index (χ3v) is 5.03. The van der Waals surface area contributed by atoms with Gasteiger partial charge in [-0.2, -0.15) is 0 Å². The van der Waals surface area contributed by atoms with Crippen LogP contribution in [0.15, 0.2) is 72.8 Å². The second kappa shape index (κ2) is 7.58. The number of nitrogens with one attached hydrogen (secondary N) is 1. The van der Waals surface area contributed by atoms with E-state index in [0.29, 0.717) is 0 Å². The topological polar surface area (TPSA) is 30.5 Å². The van der Waals surface area contributed by atoms with E-state index in [1.54, 1.807) is 14.2 Å². The van der Waals surface area contributed by atoms with E-state index in [4.69, 9.17) is 9.47 Å². The smallest absolute Gasteiger partial charge is 0.119 e. The van der Waals surface area contributed by atoms with Crippen LogP contribution in [0, 0.1) is 0 Å². The number of ether oxygens (including phenoxy) is 2. The van der Waals surface area contributed by atoms with E-state index in [-0.39, 0.29) is 5.92 Å². The molecule has 0 spiro atoms. The van der Waals surface area contributed by atoms with E-state index in [2.05, 4.69) is 66.0 Å². The largest absolute Gasteiger partial charge is 0.497 e. The van der Waals surface area contributed by atoms with Gasteiger partial charge >= 0.3 is 0 Å². The fraction of sp³-hybridized carbons (Fsp3) is 0.167. The highest BCUT2D eigenvalue weighted by atomic mass is 16.5. The van der Waals surface area contributed by atoms with Crippen LogP contribution in [0.1, 0.15) is 28.2 Å². The molecule has 0 saturated heterocycles. The van der Waals surface area contributed by atoms with Crippen LogP contribution in [0.25, 0.3) is 6.08 Å². The maximum atomic E-state index is 5.50. The number of fused-ring (bicyclic) bond motifs is 2. The second-order valence-corrected chi connectivity index (χ2v) is 6.62. The van der Waals surface area contributed by atoms with Crippen LogP contribution in [0.4, 0.5) is 5.69 Å². The Balaban J connectivity index is 1.86. The Kier molecular flexibility index (Phi) is 4.84. The van der Waals surface area contributed by atoms with Crippen molar-refractivity contribution in [1.82, 2.24) is 0 Å². The Labute approximate surface area is 160 Å². The highest BCUT2D eigenvalue weighted by Gasteiger charge is 2.23. The number of rotatable bonds is 4. The molecule has 0 fully saturated rings. The lowest BCUT2D eigenvalue weighted by Gasteiger charge is -2.18. The van der Waals surface area contributed by atoms with Crippen molar-refractivity contribution in [2.45, 2.75) is 12.5 Å². The molecule has 1 aliphatic rings. The average molecular weight is 357 g/mol. The number of allylic oxidation sites excluding steroid dienone is 1. The zero-order valence-electron chi connectivity index (χ0n) is 15.6. The van der Waals surface area contributed by atoms with Gasteiger partial charge in [0.2, 0.25) is 0 Å². The van der Waals surface area contributed by atoms with Gasteiger partial charge in [0, 0.05) is 18.2 Å². The minimum atomic E-state index is 0.107. The van der Waals surface area contributed by atoms with E-state index in [1.165, 1.54) is 22.3 Å². The van der Waals surface area contributed by atoms with Crippen molar-refractivity contribution in [3.63, 3.8) is 0 Å². The van der Waals surface area contributed by atoms with Gasteiger partial charge in [0.05, 0.1) is 14.2 Å². The van der Waals surface area contributed by atoms with Crippen molar-refractivity contribution in [1.29, 1.82) is 0 Å². The molecule has 3 nitrogen and oxygen atoms in total. The molecule has 1 heterocycles. The van der Waals surface area contributed by atoms with E-state index in [9.17, 15) is 0 Å². The summed E-state index contributed by atoms with van der Waals surface area (Å²) in [5.74, 6) is 1.84. The van der Waals surface area contributed by atoms with Gasteiger partial charge in [-0.15, -0.1) is 0 Å². The van der Waals surface area contributed by atoms with E-state index >= 15 is 0 Å². The fourth-order valence-electron chi connectivity index (χ4n) is 3.57. The van der Waals surface area contributed by atoms with Crippen LogP contribution in [-0.4, -0.2) is 14.2 Å². The molecule has 1 aliphatic heterocycles. The van der Waals surface area contributed by atoms with Crippen molar-refractivity contribution in [3.05, 3.63) is 95.1 Å². The molecule has 1 atom stereocenters. The SMILES string of the molecule is COc1ccc2c(c1)C(C=Cc1ccccc1)c1cc(OC)ccc1NC2. The number of hydrogen-bond donors (Lipinski definition) is 1. The fourth-order valence-corrected chi connectivity index (χ4v) is 3.57. The summed E-state index contributed by atoms with van der Waals surface area (Å²) in [6.45, 7) is 0.786. The van der Waals surface area contributed by atoms with Crippen LogP contribution < -0.4 is 14.8 Å². The molecule has 27 heavy (non-hydrogen) atoms. The summed E-state index contributed by atoms with van der Waals surface area (Å²) in [6, 6.07) is 22.9. The highest BCUT2D eigenvalue weighted by molar-refractivity contribution is 5.65. The molecule has 0 radical (unpaired) electrons. The third-order valence-electron chi connectivity index (χ3n) is 5.03. The minimum Gasteiger partial charge on any atom is -0.497 e. The quantitative estimate of drug-likeness (QED) is 0.671. The van der Waals surface area contributed by atoms with Crippen molar-refractivity contribution in [3.8, 4) is 11.5 Å². The second-order valence-electron chi connectivity index (χ2n) is 6.62. The first kappa shape index (κ1) is 17.2. The van der Waals surface area contributed by atoms with Gasteiger partial charge in [0.25, 0.3) is 0 Å². The van der Waals surface area contributed by atoms with Crippen molar-refractivity contribution < 1.29 is 9.47 Å². The van der Waals surface area contributed by atoms with Crippen LogP contribution in [0.5, 0.6) is 11.5 Å². The molecule has 1 unspecified atom stereocenters. The minimum absolute atomic E-state index is 0.107. The summed E-state index contributed by atoms with van der Waals surface area (Å²) in [4.78, 5) is 0. The number of benzene rings is 3. The average Bonchev–Trinajstić information content (AvgIpc) is 2.88. The standard InChI is InChI=1S/C24H23NO2/c1-26-19-10-9-18-16-25-24-13-11-20(27-2)15-23(24)21(22(18)14-19)12-8-17-6-4-3-5-7-17/h3-15,21,25H,16H2,1-2H3. The van der Waals surface area contributed by atoms with E-state index in [0.717, 1.165) is 23.7 Å². The summed E-state index contributed by atoms with van der Waals surface area (Å²) in [6.07, 6.45) is 4.45.